The van der Waals surface area contributed by atoms with E-state index in [0.29, 0.717) is 10.7 Å². The Hall–Kier alpha value is -2.38. The third-order valence-electron chi connectivity index (χ3n) is 4.61. The summed E-state index contributed by atoms with van der Waals surface area (Å²) in [6.45, 7) is 0.917. The minimum absolute atomic E-state index is 0.127. The summed E-state index contributed by atoms with van der Waals surface area (Å²) in [7, 11) is -3.69. The zero-order valence-electron chi connectivity index (χ0n) is 14.6. The normalized spacial score (nSPS) is 14.4. The first-order valence-corrected chi connectivity index (χ1v) is 10.7. The molecule has 140 valence electrons. The van der Waals surface area contributed by atoms with Gasteiger partial charge in [0.1, 0.15) is 5.82 Å². The number of aromatic nitrogens is 3. The number of sulfonamides is 1. The molecule has 2 aromatic carbocycles. The van der Waals surface area contributed by atoms with Crippen LogP contribution >= 0.6 is 11.6 Å². The number of fused-ring (bicyclic) bond motifs is 1. The van der Waals surface area contributed by atoms with Gasteiger partial charge in [-0.2, -0.15) is 0 Å². The molecule has 0 radical (unpaired) electrons. The van der Waals surface area contributed by atoms with Crippen molar-refractivity contribution in [3.63, 3.8) is 0 Å². The van der Waals surface area contributed by atoms with Crippen LogP contribution in [0.4, 0.5) is 5.69 Å². The Bertz CT molecular complexity index is 1060. The summed E-state index contributed by atoms with van der Waals surface area (Å²) >= 11 is 5.89. The molecular formula is C19H19ClN4O2S. The van der Waals surface area contributed by atoms with Gasteiger partial charge in [-0.3, -0.25) is 4.72 Å². The van der Waals surface area contributed by atoms with Gasteiger partial charge in [0.05, 0.1) is 4.90 Å². The Morgan fingerprint density at radius 3 is 2.59 bits per heavy atom. The molecule has 0 aliphatic carbocycles. The first-order valence-electron chi connectivity index (χ1n) is 8.84. The molecule has 1 aliphatic rings. The number of aryl methyl sites for hydroxylation is 1. The number of rotatable bonds is 4. The Morgan fingerprint density at radius 1 is 1.00 bits per heavy atom. The fraction of sp³-hybridized carbons (Fsp3) is 0.263. The van der Waals surface area contributed by atoms with Gasteiger partial charge in [-0.15, -0.1) is 10.2 Å². The van der Waals surface area contributed by atoms with Crippen LogP contribution in [0.15, 0.2) is 53.4 Å². The summed E-state index contributed by atoms with van der Waals surface area (Å²) in [4.78, 5) is 0.127. The second-order valence-electron chi connectivity index (χ2n) is 6.54. The highest BCUT2D eigenvalue weighted by molar-refractivity contribution is 7.92. The van der Waals surface area contributed by atoms with E-state index in [1.54, 1.807) is 24.3 Å². The lowest BCUT2D eigenvalue weighted by Crippen LogP contribution is -2.12. The van der Waals surface area contributed by atoms with Crippen molar-refractivity contribution in [1.29, 1.82) is 0 Å². The van der Waals surface area contributed by atoms with Crippen molar-refractivity contribution in [2.45, 2.75) is 37.1 Å². The standard InChI is InChI=1S/C19H19ClN4O2S/c20-15-5-4-6-17(13-15)27(25,26)23-16-10-8-14(9-11-16)19-22-21-18-7-2-1-3-12-24(18)19/h4-6,8-11,13,23H,1-3,7,12H2. The molecule has 0 bridgehead atoms. The van der Waals surface area contributed by atoms with Crippen molar-refractivity contribution in [1.82, 2.24) is 14.8 Å². The molecule has 8 heteroatoms. The van der Waals surface area contributed by atoms with Crippen molar-refractivity contribution in [3.8, 4) is 11.4 Å². The lowest BCUT2D eigenvalue weighted by molar-refractivity contribution is 0.601. The summed E-state index contributed by atoms with van der Waals surface area (Å²) in [6.07, 6.45) is 4.41. The summed E-state index contributed by atoms with van der Waals surface area (Å²) in [6, 6.07) is 13.4. The lowest BCUT2D eigenvalue weighted by atomic mass is 10.2. The van der Waals surface area contributed by atoms with Crippen LogP contribution in [-0.4, -0.2) is 23.2 Å². The van der Waals surface area contributed by atoms with Crippen molar-refractivity contribution in [2.24, 2.45) is 0 Å². The summed E-state index contributed by atoms with van der Waals surface area (Å²) < 4.78 is 29.7. The van der Waals surface area contributed by atoms with Gasteiger partial charge in [0.2, 0.25) is 0 Å². The quantitative estimate of drug-likeness (QED) is 0.711. The van der Waals surface area contributed by atoms with Crippen LogP contribution in [0.5, 0.6) is 0 Å². The molecule has 3 aromatic rings. The van der Waals surface area contributed by atoms with Gasteiger partial charge in [0.15, 0.2) is 5.82 Å². The van der Waals surface area contributed by atoms with Crippen molar-refractivity contribution in [2.75, 3.05) is 4.72 Å². The van der Waals surface area contributed by atoms with E-state index in [0.717, 1.165) is 43.0 Å². The van der Waals surface area contributed by atoms with Gasteiger partial charge in [0.25, 0.3) is 10.0 Å². The maximum Gasteiger partial charge on any atom is 0.261 e. The van der Waals surface area contributed by atoms with Crippen molar-refractivity contribution >= 4 is 27.3 Å². The van der Waals surface area contributed by atoms with E-state index in [9.17, 15) is 8.42 Å². The topological polar surface area (TPSA) is 76.9 Å². The molecular weight excluding hydrogens is 384 g/mol. The van der Waals surface area contributed by atoms with E-state index < -0.39 is 10.0 Å². The highest BCUT2D eigenvalue weighted by Gasteiger charge is 2.17. The Labute approximate surface area is 163 Å². The Balaban J connectivity index is 1.57. The van der Waals surface area contributed by atoms with E-state index >= 15 is 0 Å². The lowest BCUT2D eigenvalue weighted by Gasteiger charge is -2.10. The number of nitrogens with zero attached hydrogens (tertiary/aromatic N) is 3. The fourth-order valence-electron chi connectivity index (χ4n) is 3.23. The van der Waals surface area contributed by atoms with E-state index in [2.05, 4.69) is 19.5 Å². The van der Waals surface area contributed by atoms with Crippen LogP contribution in [0.1, 0.15) is 25.1 Å². The van der Waals surface area contributed by atoms with E-state index in [1.165, 1.54) is 18.6 Å². The monoisotopic (exact) mass is 402 g/mol. The molecule has 0 atom stereocenters. The maximum atomic E-state index is 12.5. The van der Waals surface area contributed by atoms with Crippen LogP contribution in [0.3, 0.4) is 0 Å². The third kappa shape index (κ3) is 3.84. The van der Waals surface area contributed by atoms with Crippen molar-refractivity contribution in [3.05, 3.63) is 59.4 Å². The third-order valence-corrected chi connectivity index (χ3v) is 6.23. The molecule has 0 amide bonds. The number of hydrogen-bond donors (Lipinski definition) is 1. The first-order chi connectivity index (χ1) is 13.0. The molecule has 0 unspecified atom stereocenters. The molecule has 0 spiro atoms. The van der Waals surface area contributed by atoms with E-state index in [4.69, 9.17) is 11.6 Å². The molecule has 0 saturated carbocycles. The minimum atomic E-state index is -3.69. The molecule has 1 aromatic heterocycles. The van der Waals surface area contributed by atoms with Gasteiger partial charge in [-0.05, 0) is 55.3 Å². The van der Waals surface area contributed by atoms with Crippen LogP contribution in [0.2, 0.25) is 5.02 Å². The van der Waals surface area contributed by atoms with Crippen LogP contribution < -0.4 is 4.72 Å². The number of hydrogen-bond acceptors (Lipinski definition) is 4. The maximum absolute atomic E-state index is 12.5. The van der Waals surface area contributed by atoms with Crippen LogP contribution in [0.25, 0.3) is 11.4 Å². The summed E-state index contributed by atoms with van der Waals surface area (Å²) in [5.74, 6) is 1.85. The average molecular weight is 403 g/mol. The minimum Gasteiger partial charge on any atom is -0.311 e. The zero-order chi connectivity index (χ0) is 18.9. The van der Waals surface area contributed by atoms with Gasteiger partial charge >= 0.3 is 0 Å². The van der Waals surface area contributed by atoms with Crippen LogP contribution in [0, 0.1) is 0 Å². The first kappa shape index (κ1) is 18.0. The molecule has 1 N–H and O–H groups in total. The number of halogens is 1. The van der Waals surface area contributed by atoms with Crippen LogP contribution in [-0.2, 0) is 23.0 Å². The van der Waals surface area contributed by atoms with Gasteiger partial charge in [0, 0.05) is 29.2 Å². The van der Waals surface area contributed by atoms with E-state index in [-0.39, 0.29) is 4.90 Å². The van der Waals surface area contributed by atoms with Gasteiger partial charge in [-0.25, -0.2) is 8.42 Å². The van der Waals surface area contributed by atoms with Gasteiger partial charge < -0.3 is 4.57 Å². The SMILES string of the molecule is O=S(=O)(Nc1ccc(-c2nnc3n2CCCCC3)cc1)c1cccc(Cl)c1. The highest BCUT2D eigenvalue weighted by atomic mass is 35.5. The molecule has 2 heterocycles. The largest absolute Gasteiger partial charge is 0.311 e. The molecule has 1 aliphatic heterocycles. The molecule has 27 heavy (non-hydrogen) atoms. The number of anilines is 1. The molecule has 0 saturated heterocycles. The number of nitrogens with one attached hydrogen (secondary N) is 1. The Kier molecular flexibility index (Phi) is 4.88. The van der Waals surface area contributed by atoms with Gasteiger partial charge in [-0.1, -0.05) is 24.1 Å². The zero-order valence-corrected chi connectivity index (χ0v) is 16.2. The second kappa shape index (κ2) is 7.32. The Morgan fingerprint density at radius 2 is 1.81 bits per heavy atom. The second-order valence-corrected chi connectivity index (χ2v) is 8.66. The smallest absolute Gasteiger partial charge is 0.261 e. The summed E-state index contributed by atoms with van der Waals surface area (Å²) in [5.41, 5.74) is 1.40. The molecule has 6 nitrogen and oxygen atoms in total. The predicted octanol–water partition coefficient (Wildman–Crippen LogP) is 4.13. The molecule has 0 fully saturated rings. The number of benzene rings is 2. The van der Waals surface area contributed by atoms with E-state index in [1.807, 2.05) is 12.1 Å². The summed E-state index contributed by atoms with van der Waals surface area (Å²) in [5, 5.41) is 9.02. The fourth-order valence-corrected chi connectivity index (χ4v) is 4.59. The molecule has 4 rings (SSSR count). The predicted molar refractivity (Wildman–Crippen MR) is 105 cm³/mol. The van der Waals surface area contributed by atoms with Crippen molar-refractivity contribution < 1.29 is 8.42 Å². The highest BCUT2D eigenvalue weighted by Crippen LogP contribution is 2.25. The average Bonchev–Trinajstić information content (AvgIpc) is 2.90.